The molecule has 0 radical (unpaired) electrons. The Morgan fingerprint density at radius 3 is 1.69 bits per heavy atom. The maximum atomic E-state index is 13.0. The van der Waals surface area contributed by atoms with Gasteiger partial charge in [0.2, 0.25) is 0 Å². The van der Waals surface area contributed by atoms with Crippen LogP contribution < -0.4 is 0 Å². The molecule has 1 aliphatic heterocycles. The topological polar surface area (TPSA) is 43.4 Å². The molecule has 0 bridgehead atoms. The number of rotatable bonds is 5. The lowest BCUT2D eigenvalue weighted by atomic mass is 10.00. The summed E-state index contributed by atoms with van der Waals surface area (Å²) in [7, 11) is -8.37. The molecule has 0 unspecified atom stereocenters. The molecule has 158 valence electrons. The molecule has 0 N–H and O–H groups in total. The first-order valence-corrected chi connectivity index (χ1v) is 12.7. The van der Waals surface area contributed by atoms with Gasteiger partial charge in [-0.1, -0.05) is 57.8 Å². The van der Waals surface area contributed by atoms with E-state index in [1.54, 1.807) is 53.9 Å². The Hall–Kier alpha value is -1.19. The normalized spacial score (nSPS) is 17.7. The van der Waals surface area contributed by atoms with Gasteiger partial charge in [0.1, 0.15) is 0 Å². The van der Waals surface area contributed by atoms with Gasteiger partial charge in [-0.05, 0) is 59.2 Å². The van der Waals surface area contributed by atoms with Crippen molar-refractivity contribution in [3.05, 3.63) is 75.1 Å². The summed E-state index contributed by atoms with van der Waals surface area (Å²) in [5.74, 6) is 0.486. The Labute approximate surface area is 179 Å². The smallest absolute Gasteiger partial charge is 0.209 e. The summed E-state index contributed by atoms with van der Waals surface area (Å²) in [4.78, 5) is 0. The largest absolute Gasteiger partial charge is 0.523 e. The van der Waals surface area contributed by atoms with Gasteiger partial charge in [0.15, 0.2) is 0 Å². The number of hydrogen-bond acceptors (Lipinski definition) is 3. The molecule has 0 amide bonds. The highest BCUT2D eigenvalue weighted by Gasteiger charge is 2.51. The standard InChI is InChI=1S/C19H17Cl2F3O3S2/c20-16-7-3-14(4-8-16)18(15-5-9-17(21)10-6-15)13-28(11-1-2-12-28)27-29(25,26)19(22,23)24/h3-10,13H,1-2,11-12H2. The van der Waals surface area contributed by atoms with Crippen LogP contribution in [0, 0.1) is 0 Å². The minimum atomic E-state index is -5.71. The molecule has 2 aromatic carbocycles. The summed E-state index contributed by atoms with van der Waals surface area (Å²) >= 11 is 11.9. The monoisotopic (exact) mass is 484 g/mol. The average Bonchev–Trinajstić information content (AvgIpc) is 3.08. The average molecular weight is 485 g/mol. The quantitative estimate of drug-likeness (QED) is 0.440. The summed E-state index contributed by atoms with van der Waals surface area (Å²) in [6, 6.07) is 13.5. The lowest BCUT2D eigenvalue weighted by Gasteiger charge is -2.32. The van der Waals surface area contributed by atoms with Crippen LogP contribution in [-0.4, -0.2) is 25.4 Å². The molecular weight excluding hydrogens is 468 g/mol. The fraction of sp³-hybridized carbons (Fsp3) is 0.263. The SMILES string of the molecule is O=S(=O)(OS1(C=C(c2ccc(Cl)cc2)c2ccc(Cl)cc2)CCCC1)C(F)(F)F. The fourth-order valence-electron chi connectivity index (χ4n) is 2.99. The lowest BCUT2D eigenvalue weighted by Crippen LogP contribution is -2.27. The third-order valence-corrected chi connectivity index (χ3v) is 9.88. The molecule has 0 atom stereocenters. The fourth-order valence-corrected chi connectivity index (χ4v) is 8.21. The van der Waals surface area contributed by atoms with Gasteiger partial charge in [-0.15, -0.1) is 0 Å². The van der Waals surface area contributed by atoms with Crippen molar-refractivity contribution in [3.63, 3.8) is 0 Å². The number of halogens is 5. The minimum absolute atomic E-state index is 0.243. The second kappa shape index (κ2) is 8.51. The van der Waals surface area contributed by atoms with Crippen molar-refractivity contribution in [2.75, 3.05) is 11.5 Å². The van der Waals surface area contributed by atoms with Crippen LogP contribution >= 0.6 is 33.5 Å². The molecule has 3 nitrogen and oxygen atoms in total. The van der Waals surface area contributed by atoms with Crippen LogP contribution in [0.1, 0.15) is 24.0 Å². The maximum absolute atomic E-state index is 13.0. The molecule has 1 saturated heterocycles. The molecule has 2 aromatic rings. The van der Waals surface area contributed by atoms with Gasteiger partial charge in [-0.3, -0.25) is 0 Å². The first kappa shape index (κ1) is 22.5. The molecular formula is C19H17Cl2F3O3S2. The lowest BCUT2D eigenvalue weighted by molar-refractivity contribution is -0.0495. The van der Waals surface area contributed by atoms with Crippen LogP contribution in [0.25, 0.3) is 5.57 Å². The van der Waals surface area contributed by atoms with E-state index in [2.05, 4.69) is 0 Å². The zero-order chi connectivity index (χ0) is 21.3. The van der Waals surface area contributed by atoms with Gasteiger partial charge in [-0.2, -0.15) is 21.6 Å². The molecule has 3 rings (SSSR count). The predicted octanol–water partition coefficient (Wildman–Crippen LogP) is 6.76. The summed E-state index contributed by atoms with van der Waals surface area (Å²) < 4.78 is 67.3. The van der Waals surface area contributed by atoms with E-state index < -0.39 is 25.9 Å². The van der Waals surface area contributed by atoms with E-state index in [0.29, 0.717) is 39.6 Å². The molecule has 0 spiro atoms. The zero-order valence-electron chi connectivity index (χ0n) is 15.0. The van der Waals surface area contributed by atoms with Crippen LogP contribution in [0.3, 0.4) is 0 Å². The van der Waals surface area contributed by atoms with Crippen molar-refractivity contribution >= 4 is 49.2 Å². The third kappa shape index (κ3) is 5.30. The van der Waals surface area contributed by atoms with Crippen LogP contribution in [0.15, 0.2) is 53.9 Å². The Balaban J connectivity index is 2.13. The molecule has 0 aliphatic carbocycles. The first-order valence-electron chi connectivity index (χ1n) is 8.56. The van der Waals surface area contributed by atoms with Crippen LogP contribution in [0.5, 0.6) is 0 Å². The van der Waals surface area contributed by atoms with E-state index in [1.807, 2.05) is 0 Å². The summed E-state index contributed by atoms with van der Waals surface area (Å²) in [6.45, 7) is 0. The zero-order valence-corrected chi connectivity index (χ0v) is 18.1. The Bertz CT molecular complexity index is 949. The summed E-state index contributed by atoms with van der Waals surface area (Å²) in [5, 5.41) is 2.57. The third-order valence-electron chi connectivity index (χ3n) is 4.38. The number of alkyl halides is 3. The molecule has 1 fully saturated rings. The van der Waals surface area contributed by atoms with Crippen molar-refractivity contribution in [1.29, 1.82) is 0 Å². The minimum Gasteiger partial charge on any atom is -0.209 e. The molecule has 29 heavy (non-hydrogen) atoms. The number of benzene rings is 2. The van der Waals surface area contributed by atoms with Crippen LogP contribution in [0.4, 0.5) is 13.2 Å². The molecule has 1 aliphatic rings. The Kier molecular flexibility index (Phi) is 6.60. The van der Waals surface area contributed by atoms with Crippen molar-refractivity contribution < 1.29 is 25.2 Å². The van der Waals surface area contributed by atoms with Gasteiger partial charge in [0.25, 0.3) is 0 Å². The van der Waals surface area contributed by atoms with Crippen LogP contribution in [-0.2, 0) is 13.7 Å². The van der Waals surface area contributed by atoms with E-state index >= 15 is 0 Å². The van der Waals surface area contributed by atoms with Gasteiger partial charge in [0.05, 0.1) is 0 Å². The highest BCUT2D eigenvalue weighted by atomic mass is 35.5. The van der Waals surface area contributed by atoms with Gasteiger partial charge >= 0.3 is 15.6 Å². The van der Waals surface area contributed by atoms with Crippen molar-refractivity contribution in [1.82, 2.24) is 0 Å². The highest BCUT2D eigenvalue weighted by Crippen LogP contribution is 2.60. The highest BCUT2D eigenvalue weighted by molar-refractivity contribution is 8.35. The van der Waals surface area contributed by atoms with Gasteiger partial charge in [0, 0.05) is 21.6 Å². The van der Waals surface area contributed by atoms with Gasteiger partial charge in [-0.25, -0.2) is 3.63 Å². The molecule has 0 saturated carbocycles. The van der Waals surface area contributed by atoms with E-state index in [1.165, 1.54) is 0 Å². The second-order valence-electron chi connectivity index (χ2n) is 6.50. The molecule has 10 heteroatoms. The van der Waals surface area contributed by atoms with Crippen molar-refractivity contribution in [2.45, 2.75) is 18.3 Å². The summed E-state index contributed by atoms with van der Waals surface area (Å²) in [6.07, 6.45) is 1.18. The van der Waals surface area contributed by atoms with Crippen molar-refractivity contribution in [2.24, 2.45) is 0 Å². The summed E-state index contributed by atoms with van der Waals surface area (Å²) in [5.41, 5.74) is -3.52. The van der Waals surface area contributed by atoms with E-state index in [-0.39, 0.29) is 11.5 Å². The predicted molar refractivity (Wildman–Crippen MR) is 113 cm³/mol. The van der Waals surface area contributed by atoms with Crippen LogP contribution in [0.2, 0.25) is 10.0 Å². The van der Waals surface area contributed by atoms with E-state index in [4.69, 9.17) is 26.8 Å². The Morgan fingerprint density at radius 1 is 0.897 bits per heavy atom. The first-order chi connectivity index (χ1) is 13.5. The second-order valence-corrected chi connectivity index (χ2v) is 12.1. The van der Waals surface area contributed by atoms with Gasteiger partial charge < -0.3 is 0 Å². The van der Waals surface area contributed by atoms with E-state index in [0.717, 1.165) is 0 Å². The maximum Gasteiger partial charge on any atom is 0.523 e. The Morgan fingerprint density at radius 2 is 1.31 bits per heavy atom. The van der Waals surface area contributed by atoms with E-state index in [9.17, 15) is 21.6 Å². The van der Waals surface area contributed by atoms with Crippen molar-refractivity contribution in [3.8, 4) is 0 Å². The number of hydrogen-bond donors (Lipinski definition) is 0. The molecule has 0 aromatic heterocycles. The molecule has 1 heterocycles.